The van der Waals surface area contributed by atoms with Crippen LogP contribution in [-0.4, -0.2) is 81.2 Å². The second-order valence-corrected chi connectivity index (χ2v) is 17.6. The third kappa shape index (κ3) is 6.38. The fraction of sp³-hybridized carbons (Fsp3) is 0.455. The summed E-state index contributed by atoms with van der Waals surface area (Å²) < 4.78 is 14.8. The number of benzene rings is 3. The van der Waals surface area contributed by atoms with Crippen molar-refractivity contribution in [2.75, 3.05) is 18.0 Å². The van der Waals surface area contributed by atoms with Gasteiger partial charge in [-0.1, -0.05) is 76.2 Å². The quantitative estimate of drug-likeness (QED) is 0.179. The van der Waals surface area contributed by atoms with Gasteiger partial charge in [0, 0.05) is 41.4 Å². The normalized spacial score (nSPS) is 28.1. The molecule has 318 valence electrons. The van der Waals surface area contributed by atoms with Crippen molar-refractivity contribution in [1.82, 2.24) is 20.4 Å². The maximum Gasteiger partial charge on any atom is 0.411 e. The number of halogens is 1. The highest BCUT2D eigenvalue weighted by atomic mass is 19.1. The molecule has 4 unspecified atom stereocenters. The first-order chi connectivity index (χ1) is 28.3. The highest BCUT2D eigenvalue weighted by molar-refractivity contribution is 6.00. The predicted molar refractivity (Wildman–Crippen MR) is 217 cm³/mol. The monoisotopic (exact) mass is 825 g/mol. The first kappa shape index (κ1) is 42.3. The summed E-state index contributed by atoms with van der Waals surface area (Å²) in [5.74, 6) is -5.53. The number of rotatable bonds is 9. The molecule has 2 heterocycles. The van der Waals surface area contributed by atoms with Gasteiger partial charge in [-0.15, -0.1) is 0 Å². The number of nitrogens with two attached hydrogens (primary N) is 2. The summed E-state index contributed by atoms with van der Waals surface area (Å²) in [6, 6.07) is 20.0. The molecule has 2 aliphatic heterocycles. The topological polar surface area (TPSA) is 229 Å². The molecule has 3 aromatic rings. The van der Waals surface area contributed by atoms with Gasteiger partial charge in [0.05, 0.1) is 12.3 Å². The van der Waals surface area contributed by atoms with Crippen LogP contribution in [0, 0.1) is 28.5 Å². The van der Waals surface area contributed by atoms with Gasteiger partial charge in [-0.2, -0.15) is 0 Å². The van der Waals surface area contributed by atoms with Crippen LogP contribution in [0.4, 0.5) is 19.7 Å². The lowest BCUT2D eigenvalue weighted by atomic mass is 9.60. The zero-order valence-corrected chi connectivity index (χ0v) is 34.1. The van der Waals surface area contributed by atoms with Crippen LogP contribution in [0.2, 0.25) is 0 Å². The van der Waals surface area contributed by atoms with Gasteiger partial charge in [0.1, 0.15) is 16.9 Å². The Morgan fingerprint density at radius 3 is 1.43 bits per heavy atom. The summed E-state index contributed by atoms with van der Waals surface area (Å²) in [4.78, 5) is 87.9. The molecule has 15 nitrogen and oxygen atoms in total. The highest BCUT2D eigenvalue weighted by Crippen LogP contribution is 2.58. The number of imide groups is 2. The molecule has 4 bridgehead atoms. The molecule has 0 saturated carbocycles. The Hall–Kier alpha value is -5.87. The van der Waals surface area contributed by atoms with E-state index in [1.165, 1.54) is 12.1 Å². The number of nitrogens with one attached hydrogen (secondary N) is 2. The molecule has 6 amide bonds. The number of hydrogen-bond donors (Lipinski definition) is 6. The standard InChI is InChI=1S/C44H52FN7O8/c1-41(2)31(35(46)53)23-25-9-5-11-27(21-25)43(41,37(55)48-39(57)58)50-19-7-13-33(50)52(30-17-15-29(45)16-18-30)34-14-8-20-51(34)44(38(56)49-40(59)60)28-12-6-10-26(22-28)24-32(36(47)54)42(44,3)4/h5-6,9-12,15-18,21-22,31-34H,7-8,13-14,19-20,23-24H2,1-4H3,(H2,46,53)(H2,47,54)(H,48,55)(H,49,56)(H,57,58)(H,59,60)/t31?,32?,33?,34?,43-,44-/m0/s1. The van der Waals surface area contributed by atoms with Gasteiger partial charge in [-0.3, -0.25) is 39.6 Å². The van der Waals surface area contributed by atoms with Crippen LogP contribution in [-0.2, 0) is 43.1 Å². The number of likely N-dealkylation sites (tertiary alicyclic amines) is 2. The lowest BCUT2D eigenvalue weighted by Crippen LogP contribution is -2.73. The number of nitrogens with zero attached hydrogens (tertiary/aromatic N) is 3. The fourth-order valence-electron chi connectivity index (χ4n) is 11.6. The molecule has 7 rings (SSSR count). The molecule has 2 saturated heterocycles. The number of carbonyl (C=O) groups is 6. The summed E-state index contributed by atoms with van der Waals surface area (Å²) in [6.07, 6.45) is -2.62. The predicted octanol–water partition coefficient (Wildman–Crippen LogP) is 4.22. The van der Waals surface area contributed by atoms with Crippen molar-refractivity contribution in [3.63, 3.8) is 0 Å². The van der Waals surface area contributed by atoms with E-state index in [9.17, 15) is 33.8 Å². The minimum Gasteiger partial charge on any atom is -0.465 e. The minimum atomic E-state index is -1.86. The second kappa shape index (κ2) is 15.3. The van der Waals surface area contributed by atoms with E-state index < -0.39 is 87.7 Å². The molecule has 16 heteroatoms. The molecule has 60 heavy (non-hydrogen) atoms. The van der Waals surface area contributed by atoms with Gasteiger partial charge in [0.25, 0.3) is 11.8 Å². The van der Waals surface area contributed by atoms with Crippen molar-refractivity contribution >= 4 is 41.5 Å². The molecular formula is C44H52FN7O8. The van der Waals surface area contributed by atoms with Crippen LogP contribution >= 0.6 is 0 Å². The summed E-state index contributed by atoms with van der Waals surface area (Å²) in [7, 11) is 0. The third-order valence-electron chi connectivity index (χ3n) is 14.0. The Morgan fingerprint density at radius 2 is 1.07 bits per heavy atom. The van der Waals surface area contributed by atoms with E-state index in [-0.39, 0.29) is 25.9 Å². The van der Waals surface area contributed by atoms with E-state index >= 15 is 9.59 Å². The maximum absolute atomic E-state index is 15.1. The number of primary amides is 2. The van der Waals surface area contributed by atoms with E-state index in [2.05, 4.69) is 10.6 Å². The number of carbonyl (C=O) groups excluding carboxylic acids is 4. The number of carboxylic acid groups (broad SMARTS) is 2. The smallest absolute Gasteiger partial charge is 0.411 e. The minimum absolute atomic E-state index is 0.186. The van der Waals surface area contributed by atoms with Crippen molar-refractivity contribution in [3.05, 3.63) is 101 Å². The van der Waals surface area contributed by atoms with E-state index in [0.29, 0.717) is 42.5 Å². The second-order valence-electron chi connectivity index (χ2n) is 17.6. The van der Waals surface area contributed by atoms with Crippen LogP contribution < -0.4 is 27.0 Å². The molecule has 0 radical (unpaired) electrons. The molecule has 8 N–H and O–H groups in total. The van der Waals surface area contributed by atoms with Crippen molar-refractivity contribution in [3.8, 4) is 0 Å². The average molecular weight is 826 g/mol. The van der Waals surface area contributed by atoms with Gasteiger partial charge in [0.15, 0.2) is 0 Å². The van der Waals surface area contributed by atoms with E-state index in [1.807, 2.05) is 39.0 Å². The largest absolute Gasteiger partial charge is 0.465 e. The average Bonchev–Trinajstić information content (AvgIpc) is 3.82. The summed E-state index contributed by atoms with van der Waals surface area (Å²) >= 11 is 0. The fourth-order valence-corrected chi connectivity index (χ4v) is 11.6. The van der Waals surface area contributed by atoms with Crippen molar-refractivity contribution in [2.24, 2.45) is 34.1 Å². The number of hydrogen-bond acceptors (Lipinski definition) is 9. The molecule has 3 aromatic carbocycles. The zero-order valence-electron chi connectivity index (χ0n) is 34.1. The van der Waals surface area contributed by atoms with Gasteiger partial charge in [-0.05, 0) is 85.0 Å². The molecule has 2 aliphatic carbocycles. The lowest BCUT2D eigenvalue weighted by molar-refractivity contribution is -0.155. The summed E-state index contributed by atoms with van der Waals surface area (Å²) in [5.41, 5.74) is 8.72. The van der Waals surface area contributed by atoms with Gasteiger partial charge >= 0.3 is 12.2 Å². The number of fused-ring (bicyclic) bond motifs is 4. The summed E-state index contributed by atoms with van der Waals surface area (Å²) in [5, 5.41) is 24.5. The maximum atomic E-state index is 15.1. The van der Waals surface area contributed by atoms with E-state index in [1.54, 1.807) is 64.1 Å². The molecule has 2 fully saturated rings. The van der Waals surface area contributed by atoms with Crippen molar-refractivity contribution in [2.45, 2.75) is 89.6 Å². The Bertz CT molecular complexity index is 2120. The van der Waals surface area contributed by atoms with Gasteiger partial charge in [0.2, 0.25) is 11.8 Å². The van der Waals surface area contributed by atoms with Gasteiger partial charge < -0.3 is 26.6 Å². The Kier molecular flexibility index (Phi) is 10.8. The first-order valence-electron chi connectivity index (χ1n) is 20.2. The van der Waals surface area contributed by atoms with Crippen molar-refractivity contribution < 1.29 is 43.4 Å². The molecule has 0 spiro atoms. The van der Waals surface area contributed by atoms with E-state index in [4.69, 9.17) is 11.5 Å². The highest BCUT2D eigenvalue weighted by Gasteiger charge is 2.67. The lowest BCUT2D eigenvalue weighted by Gasteiger charge is -2.59. The molecular weight excluding hydrogens is 774 g/mol. The molecule has 6 atom stereocenters. The van der Waals surface area contributed by atoms with E-state index in [0.717, 1.165) is 11.1 Å². The number of anilines is 1. The van der Waals surface area contributed by atoms with Crippen LogP contribution in [0.25, 0.3) is 0 Å². The van der Waals surface area contributed by atoms with Crippen LogP contribution in [0.15, 0.2) is 72.8 Å². The Balaban J connectivity index is 1.51. The Labute approximate surface area is 347 Å². The Morgan fingerprint density at radius 1 is 0.667 bits per heavy atom. The first-order valence-corrected chi connectivity index (χ1v) is 20.2. The molecule has 0 aromatic heterocycles. The molecule has 4 aliphatic rings. The van der Waals surface area contributed by atoms with Crippen LogP contribution in [0.5, 0.6) is 0 Å². The zero-order chi connectivity index (χ0) is 43.5. The van der Waals surface area contributed by atoms with Crippen molar-refractivity contribution in [1.29, 1.82) is 0 Å². The summed E-state index contributed by atoms with van der Waals surface area (Å²) in [6.45, 7) is 7.46. The van der Waals surface area contributed by atoms with Gasteiger partial charge in [-0.25, -0.2) is 14.0 Å². The van der Waals surface area contributed by atoms with Crippen LogP contribution in [0.1, 0.15) is 75.6 Å². The van der Waals surface area contributed by atoms with Crippen LogP contribution in [0.3, 0.4) is 0 Å². The number of amides is 6. The third-order valence-corrected chi connectivity index (χ3v) is 14.0. The SMILES string of the molecule is CC1(C)C(C(N)=O)Cc2cccc(c2)[C@@]1(C(=O)NC(=O)O)N1CCCC1N(c1ccc(F)cc1)C1CCCN1[C@]1(C(=O)NC(=O)O)c2cccc(c2)CC(C(N)=O)C1(C)C.